The molecule has 2 unspecified atom stereocenters. The molecule has 2 nitrogen and oxygen atoms in total. The van der Waals surface area contributed by atoms with Crippen LogP contribution in [0.3, 0.4) is 0 Å². The van der Waals surface area contributed by atoms with E-state index in [0.29, 0.717) is 6.04 Å². The van der Waals surface area contributed by atoms with Gasteiger partial charge in [0.25, 0.3) is 0 Å². The molecule has 0 spiro atoms. The molecule has 0 aliphatic carbocycles. The summed E-state index contributed by atoms with van der Waals surface area (Å²) in [6, 6.07) is 1.38. The Balaban J connectivity index is 1.76. The summed E-state index contributed by atoms with van der Waals surface area (Å²) in [5.74, 6) is 1.35. The lowest BCUT2D eigenvalue weighted by atomic mass is 10.1. The zero-order chi connectivity index (χ0) is 8.39. The predicted molar refractivity (Wildman–Crippen MR) is 52.7 cm³/mol. The molecule has 2 fully saturated rings. The molecule has 2 aliphatic heterocycles. The Kier molecular flexibility index (Phi) is 2.94. The summed E-state index contributed by atoms with van der Waals surface area (Å²) < 4.78 is 5.14. The van der Waals surface area contributed by atoms with Gasteiger partial charge in [0.1, 0.15) is 0 Å². The van der Waals surface area contributed by atoms with Gasteiger partial charge in [0.15, 0.2) is 0 Å². The Hall–Kier alpha value is 0.270. The second-order valence-corrected chi connectivity index (χ2v) is 5.21. The largest absolute Gasteiger partial charge is 0.378 e. The standard InChI is InChI=1S/C9H17NOS/c1-7-9(3-2-4-12-7)10-8-5-11-6-8/h7-10H,2-6H2,1H3. The van der Waals surface area contributed by atoms with Gasteiger partial charge in [-0.2, -0.15) is 11.8 Å². The number of hydrogen-bond donors (Lipinski definition) is 1. The van der Waals surface area contributed by atoms with Gasteiger partial charge in [-0.15, -0.1) is 0 Å². The summed E-state index contributed by atoms with van der Waals surface area (Å²) in [6.45, 7) is 4.18. The molecule has 0 saturated carbocycles. The van der Waals surface area contributed by atoms with Crippen LogP contribution in [0.4, 0.5) is 0 Å². The van der Waals surface area contributed by atoms with Gasteiger partial charge in [-0.3, -0.25) is 0 Å². The van der Waals surface area contributed by atoms with Crippen LogP contribution in [-0.4, -0.2) is 36.3 Å². The van der Waals surface area contributed by atoms with Crippen molar-refractivity contribution in [3.8, 4) is 0 Å². The number of rotatable bonds is 2. The molecule has 2 aliphatic rings. The van der Waals surface area contributed by atoms with Crippen LogP contribution < -0.4 is 5.32 Å². The third-order valence-electron chi connectivity index (χ3n) is 2.69. The van der Waals surface area contributed by atoms with Crippen LogP contribution in [0.5, 0.6) is 0 Å². The van der Waals surface area contributed by atoms with Crippen LogP contribution in [0.2, 0.25) is 0 Å². The van der Waals surface area contributed by atoms with Crippen LogP contribution in [-0.2, 0) is 4.74 Å². The predicted octanol–water partition coefficient (Wildman–Crippen LogP) is 1.26. The Morgan fingerprint density at radius 2 is 2.25 bits per heavy atom. The first kappa shape index (κ1) is 8.85. The fourth-order valence-corrected chi connectivity index (χ4v) is 2.93. The first-order valence-electron chi connectivity index (χ1n) is 4.81. The van der Waals surface area contributed by atoms with E-state index >= 15 is 0 Å². The van der Waals surface area contributed by atoms with E-state index in [1.54, 1.807) is 0 Å². The van der Waals surface area contributed by atoms with Crippen LogP contribution in [0.1, 0.15) is 19.8 Å². The van der Waals surface area contributed by atoms with E-state index in [0.717, 1.165) is 24.5 Å². The second-order valence-electron chi connectivity index (χ2n) is 3.73. The maximum Gasteiger partial charge on any atom is 0.0643 e. The van der Waals surface area contributed by atoms with E-state index in [1.807, 2.05) is 0 Å². The number of hydrogen-bond acceptors (Lipinski definition) is 3. The third kappa shape index (κ3) is 1.95. The molecule has 0 aromatic heterocycles. The molecule has 0 bridgehead atoms. The van der Waals surface area contributed by atoms with Gasteiger partial charge in [-0.25, -0.2) is 0 Å². The van der Waals surface area contributed by atoms with Gasteiger partial charge in [-0.05, 0) is 18.6 Å². The Morgan fingerprint density at radius 1 is 1.42 bits per heavy atom. The molecule has 3 heteroatoms. The minimum absolute atomic E-state index is 0.649. The Labute approximate surface area is 78.4 Å². The second kappa shape index (κ2) is 3.99. The lowest BCUT2D eigenvalue weighted by Crippen LogP contribution is -2.53. The third-order valence-corrected chi connectivity index (χ3v) is 4.07. The zero-order valence-corrected chi connectivity index (χ0v) is 8.40. The summed E-state index contributed by atoms with van der Waals surface area (Å²) in [5.41, 5.74) is 0. The highest BCUT2D eigenvalue weighted by Gasteiger charge is 2.27. The van der Waals surface area contributed by atoms with Crippen LogP contribution in [0.25, 0.3) is 0 Å². The normalized spacial score (nSPS) is 37.8. The van der Waals surface area contributed by atoms with Crippen molar-refractivity contribution in [3.63, 3.8) is 0 Å². The average Bonchev–Trinajstić information content (AvgIpc) is 2.00. The highest BCUT2D eigenvalue weighted by atomic mass is 32.2. The van der Waals surface area contributed by atoms with Gasteiger partial charge in [0, 0.05) is 11.3 Å². The van der Waals surface area contributed by atoms with Crippen molar-refractivity contribution in [1.82, 2.24) is 5.32 Å². The lowest BCUT2D eigenvalue weighted by Gasteiger charge is -2.36. The maximum absolute atomic E-state index is 5.14. The average molecular weight is 187 g/mol. The summed E-state index contributed by atoms with van der Waals surface area (Å²) in [6.07, 6.45) is 2.73. The van der Waals surface area contributed by atoms with E-state index in [-0.39, 0.29) is 0 Å². The maximum atomic E-state index is 5.14. The molecular weight excluding hydrogens is 170 g/mol. The van der Waals surface area contributed by atoms with E-state index in [2.05, 4.69) is 24.0 Å². The molecule has 0 aromatic carbocycles. The van der Waals surface area contributed by atoms with Gasteiger partial charge < -0.3 is 10.1 Å². The van der Waals surface area contributed by atoms with E-state index in [4.69, 9.17) is 4.74 Å². The number of ether oxygens (including phenoxy) is 1. The minimum atomic E-state index is 0.649. The topological polar surface area (TPSA) is 21.3 Å². The molecule has 2 atom stereocenters. The number of thioether (sulfide) groups is 1. The number of nitrogens with one attached hydrogen (secondary N) is 1. The molecular formula is C9H17NOS. The molecule has 2 saturated heterocycles. The van der Waals surface area contributed by atoms with Crippen LogP contribution >= 0.6 is 11.8 Å². The highest BCUT2D eigenvalue weighted by Crippen LogP contribution is 2.25. The summed E-state index contributed by atoms with van der Waals surface area (Å²) in [4.78, 5) is 0. The van der Waals surface area contributed by atoms with Crippen molar-refractivity contribution in [1.29, 1.82) is 0 Å². The van der Waals surface area contributed by atoms with Gasteiger partial charge >= 0.3 is 0 Å². The van der Waals surface area contributed by atoms with Gasteiger partial charge in [-0.1, -0.05) is 6.92 Å². The molecule has 0 aromatic rings. The summed E-state index contributed by atoms with van der Waals surface area (Å²) in [7, 11) is 0. The molecule has 0 amide bonds. The quantitative estimate of drug-likeness (QED) is 0.703. The minimum Gasteiger partial charge on any atom is -0.378 e. The van der Waals surface area contributed by atoms with Crippen LogP contribution in [0, 0.1) is 0 Å². The smallest absolute Gasteiger partial charge is 0.0643 e. The molecule has 1 N–H and O–H groups in total. The van der Waals surface area contributed by atoms with Crippen molar-refractivity contribution in [2.75, 3.05) is 19.0 Å². The fourth-order valence-electron chi connectivity index (χ4n) is 1.78. The summed E-state index contributed by atoms with van der Waals surface area (Å²) in [5, 5.41) is 4.45. The van der Waals surface area contributed by atoms with Crippen LogP contribution in [0.15, 0.2) is 0 Å². The van der Waals surface area contributed by atoms with Gasteiger partial charge in [0.2, 0.25) is 0 Å². The van der Waals surface area contributed by atoms with Crippen molar-refractivity contribution in [2.45, 2.75) is 37.1 Å². The van der Waals surface area contributed by atoms with Crippen molar-refractivity contribution < 1.29 is 4.74 Å². The Morgan fingerprint density at radius 3 is 2.83 bits per heavy atom. The van der Waals surface area contributed by atoms with Gasteiger partial charge in [0.05, 0.1) is 19.3 Å². The van der Waals surface area contributed by atoms with Crippen molar-refractivity contribution >= 4 is 11.8 Å². The highest BCUT2D eigenvalue weighted by molar-refractivity contribution is 7.99. The van der Waals surface area contributed by atoms with Crippen molar-refractivity contribution in [3.05, 3.63) is 0 Å². The monoisotopic (exact) mass is 187 g/mol. The zero-order valence-electron chi connectivity index (χ0n) is 7.58. The molecule has 0 radical (unpaired) electrons. The van der Waals surface area contributed by atoms with Crippen molar-refractivity contribution in [2.24, 2.45) is 0 Å². The molecule has 2 heterocycles. The lowest BCUT2D eigenvalue weighted by molar-refractivity contribution is -0.0105. The molecule has 70 valence electrons. The summed E-state index contributed by atoms with van der Waals surface area (Å²) >= 11 is 2.10. The molecule has 2 rings (SSSR count). The SMILES string of the molecule is CC1SCCCC1NC1COC1. The first-order valence-corrected chi connectivity index (χ1v) is 5.86. The van der Waals surface area contributed by atoms with E-state index < -0.39 is 0 Å². The fraction of sp³-hybridized carbons (Fsp3) is 1.00. The molecule has 12 heavy (non-hydrogen) atoms. The van der Waals surface area contributed by atoms with E-state index in [9.17, 15) is 0 Å². The van der Waals surface area contributed by atoms with E-state index in [1.165, 1.54) is 18.6 Å². The Bertz CT molecular complexity index is 149. The first-order chi connectivity index (χ1) is 5.86.